The molecule has 0 bridgehead atoms. The van der Waals surface area contributed by atoms with Gasteiger partial charge in [0.2, 0.25) is 11.6 Å². The summed E-state index contributed by atoms with van der Waals surface area (Å²) in [6, 6.07) is 3.42. The van der Waals surface area contributed by atoms with E-state index >= 15 is 0 Å². The minimum Gasteiger partial charge on any atom is -0.505 e. The number of rotatable bonds is 8. The molecule has 0 saturated heterocycles. The molecule has 0 aliphatic heterocycles. The molecule has 0 atom stereocenters. The molecule has 0 aliphatic rings. The van der Waals surface area contributed by atoms with Gasteiger partial charge in [0.1, 0.15) is 11.5 Å². The predicted octanol–water partition coefficient (Wildman–Crippen LogP) is 3.25. The summed E-state index contributed by atoms with van der Waals surface area (Å²) >= 11 is 0. The molecule has 0 saturated carbocycles. The summed E-state index contributed by atoms with van der Waals surface area (Å²) in [5, 5.41) is 36.9. The van der Waals surface area contributed by atoms with Crippen molar-refractivity contribution in [3.8, 4) is 34.5 Å². The van der Waals surface area contributed by atoms with Gasteiger partial charge in [0.25, 0.3) is 0 Å². The van der Waals surface area contributed by atoms with Crippen LogP contribution in [0, 0.1) is 11.6 Å². The van der Waals surface area contributed by atoms with Crippen LogP contribution in [0.4, 0.5) is 8.78 Å². The van der Waals surface area contributed by atoms with E-state index in [9.17, 15) is 38.8 Å². The number of benzene rings is 2. The van der Waals surface area contributed by atoms with Crippen molar-refractivity contribution in [1.29, 1.82) is 0 Å². The highest BCUT2D eigenvalue weighted by Gasteiger charge is 2.14. The Labute approximate surface area is 163 Å². The number of unbranched alkanes of at least 4 members (excludes halogenated alkanes) is 2. The van der Waals surface area contributed by atoms with Crippen LogP contribution < -0.4 is 9.47 Å². The Kier molecular flexibility index (Phi) is 7.18. The topological polar surface area (TPSA) is 134 Å². The lowest BCUT2D eigenvalue weighted by Crippen LogP contribution is -2.09. The highest BCUT2D eigenvalue weighted by Crippen LogP contribution is 2.31. The molecule has 2 aromatic rings. The third-order valence-corrected chi connectivity index (χ3v) is 3.74. The summed E-state index contributed by atoms with van der Waals surface area (Å²) < 4.78 is 35.9. The van der Waals surface area contributed by atoms with Crippen LogP contribution in [0.15, 0.2) is 24.3 Å². The first kappa shape index (κ1) is 21.7. The van der Waals surface area contributed by atoms with E-state index in [-0.39, 0.29) is 24.3 Å². The Morgan fingerprint density at radius 3 is 1.28 bits per heavy atom. The summed E-state index contributed by atoms with van der Waals surface area (Å²) in [6.45, 7) is 0. The molecular formula is C19H18F2O8. The van der Waals surface area contributed by atoms with Crippen LogP contribution in [0.2, 0.25) is 0 Å². The lowest BCUT2D eigenvalue weighted by Gasteiger charge is -2.07. The molecule has 29 heavy (non-hydrogen) atoms. The number of hydrogen-bond acceptors (Lipinski definition) is 8. The molecule has 4 N–H and O–H groups in total. The minimum atomic E-state index is -1.22. The molecule has 0 radical (unpaired) electrons. The summed E-state index contributed by atoms with van der Waals surface area (Å²) in [5.74, 6) is -7.61. The molecule has 0 unspecified atom stereocenters. The maximum atomic E-state index is 13.1. The van der Waals surface area contributed by atoms with Crippen LogP contribution in [-0.4, -0.2) is 32.4 Å². The average Bonchev–Trinajstić information content (AvgIpc) is 2.63. The Hall–Kier alpha value is -3.56. The predicted molar refractivity (Wildman–Crippen MR) is 93.8 cm³/mol. The van der Waals surface area contributed by atoms with Crippen molar-refractivity contribution in [2.24, 2.45) is 0 Å². The van der Waals surface area contributed by atoms with E-state index in [1.807, 2.05) is 0 Å². The van der Waals surface area contributed by atoms with Crippen molar-refractivity contribution >= 4 is 11.9 Å². The van der Waals surface area contributed by atoms with E-state index in [0.29, 0.717) is 19.3 Å². The Morgan fingerprint density at radius 1 is 0.655 bits per heavy atom. The maximum absolute atomic E-state index is 13.1. The molecule has 0 aromatic heterocycles. The van der Waals surface area contributed by atoms with Crippen molar-refractivity contribution in [3.63, 3.8) is 0 Å². The van der Waals surface area contributed by atoms with Gasteiger partial charge in [0.15, 0.2) is 23.0 Å². The van der Waals surface area contributed by atoms with Crippen LogP contribution in [-0.2, 0) is 9.59 Å². The first-order valence-corrected chi connectivity index (χ1v) is 8.51. The summed E-state index contributed by atoms with van der Waals surface area (Å²) in [4.78, 5) is 23.4. The Bertz CT molecular complexity index is 794. The second kappa shape index (κ2) is 9.58. The van der Waals surface area contributed by atoms with Gasteiger partial charge in [-0.05, 0) is 12.8 Å². The van der Waals surface area contributed by atoms with Gasteiger partial charge in [-0.2, -0.15) is 8.78 Å². The highest BCUT2D eigenvalue weighted by atomic mass is 19.1. The number of ether oxygens (including phenoxy) is 2. The van der Waals surface area contributed by atoms with E-state index in [2.05, 4.69) is 0 Å². The monoisotopic (exact) mass is 412 g/mol. The fraction of sp³-hybridized carbons (Fsp3) is 0.263. The van der Waals surface area contributed by atoms with Gasteiger partial charge in [0, 0.05) is 37.1 Å². The first-order valence-electron chi connectivity index (χ1n) is 8.51. The normalized spacial score (nSPS) is 10.6. The van der Waals surface area contributed by atoms with Crippen LogP contribution in [0.25, 0.3) is 0 Å². The highest BCUT2D eigenvalue weighted by molar-refractivity contribution is 5.73. The molecule has 2 rings (SSSR count). The zero-order valence-electron chi connectivity index (χ0n) is 15.0. The van der Waals surface area contributed by atoms with E-state index in [0.717, 1.165) is 24.3 Å². The molecule has 0 amide bonds. The largest absolute Gasteiger partial charge is 0.505 e. The SMILES string of the molecule is O=C(CCCCCC(=O)Oc1cc(O)c(F)c(O)c1)Oc1cc(O)c(F)c(O)c1. The average molecular weight is 412 g/mol. The molecule has 8 nitrogen and oxygen atoms in total. The molecule has 0 fully saturated rings. The lowest BCUT2D eigenvalue weighted by atomic mass is 10.1. The van der Waals surface area contributed by atoms with Gasteiger partial charge in [-0.1, -0.05) is 6.42 Å². The van der Waals surface area contributed by atoms with Gasteiger partial charge >= 0.3 is 11.9 Å². The van der Waals surface area contributed by atoms with Crippen LogP contribution in [0.1, 0.15) is 32.1 Å². The van der Waals surface area contributed by atoms with Crippen molar-refractivity contribution < 1.29 is 48.3 Å². The van der Waals surface area contributed by atoms with Crippen molar-refractivity contribution in [2.75, 3.05) is 0 Å². The standard InChI is InChI=1S/C19H18F2O8/c20-18-12(22)6-10(7-13(18)23)28-16(26)4-2-1-3-5-17(27)29-11-8-14(24)19(21)15(25)9-11/h6-9,22-25H,1-5H2. The van der Waals surface area contributed by atoms with Gasteiger partial charge in [-0.15, -0.1) is 0 Å². The Balaban J connectivity index is 1.69. The Morgan fingerprint density at radius 2 is 0.966 bits per heavy atom. The van der Waals surface area contributed by atoms with Crippen molar-refractivity contribution in [2.45, 2.75) is 32.1 Å². The second-order valence-corrected chi connectivity index (χ2v) is 6.06. The maximum Gasteiger partial charge on any atom is 0.311 e. The minimum absolute atomic E-state index is 0.0202. The molecule has 0 aliphatic carbocycles. The molecule has 10 heteroatoms. The fourth-order valence-electron chi connectivity index (χ4n) is 2.34. The zero-order chi connectivity index (χ0) is 21.6. The molecule has 0 spiro atoms. The number of carbonyl (C=O) groups excluding carboxylic acids is 2. The molecule has 2 aromatic carbocycles. The zero-order valence-corrected chi connectivity index (χ0v) is 15.0. The number of phenolic OH excluding ortho intramolecular Hbond substituents is 4. The van der Waals surface area contributed by atoms with E-state index in [1.54, 1.807) is 0 Å². The first-order chi connectivity index (χ1) is 13.7. The van der Waals surface area contributed by atoms with Crippen molar-refractivity contribution in [1.82, 2.24) is 0 Å². The number of aromatic hydroxyl groups is 4. The van der Waals surface area contributed by atoms with Gasteiger partial charge in [-0.25, -0.2) is 0 Å². The van der Waals surface area contributed by atoms with Gasteiger partial charge in [0.05, 0.1) is 0 Å². The van der Waals surface area contributed by atoms with Gasteiger partial charge in [-0.3, -0.25) is 9.59 Å². The third kappa shape index (κ3) is 6.23. The van der Waals surface area contributed by atoms with E-state index in [1.165, 1.54) is 0 Å². The van der Waals surface area contributed by atoms with Crippen LogP contribution >= 0.6 is 0 Å². The summed E-state index contributed by atoms with van der Waals surface area (Å²) in [6.07, 6.45) is 1.15. The van der Waals surface area contributed by atoms with Crippen molar-refractivity contribution in [3.05, 3.63) is 35.9 Å². The lowest BCUT2D eigenvalue weighted by molar-refractivity contribution is -0.134. The van der Waals surface area contributed by atoms with Crippen LogP contribution in [0.3, 0.4) is 0 Å². The quantitative estimate of drug-likeness (QED) is 0.295. The van der Waals surface area contributed by atoms with Gasteiger partial charge < -0.3 is 29.9 Å². The molecule has 156 valence electrons. The van der Waals surface area contributed by atoms with E-state index in [4.69, 9.17) is 9.47 Å². The molecular weight excluding hydrogens is 394 g/mol. The fourth-order valence-corrected chi connectivity index (χ4v) is 2.34. The smallest absolute Gasteiger partial charge is 0.311 e. The molecule has 0 heterocycles. The summed E-state index contributed by atoms with van der Waals surface area (Å²) in [5.41, 5.74) is 0. The van der Waals surface area contributed by atoms with E-state index < -0.39 is 46.6 Å². The summed E-state index contributed by atoms with van der Waals surface area (Å²) in [7, 11) is 0. The number of hydrogen-bond donors (Lipinski definition) is 4. The van der Waals surface area contributed by atoms with Crippen LogP contribution in [0.5, 0.6) is 34.5 Å². The number of phenols is 4. The third-order valence-electron chi connectivity index (χ3n) is 3.74. The second-order valence-electron chi connectivity index (χ2n) is 6.06. The number of carbonyl (C=O) groups is 2. The number of esters is 2. The number of halogens is 2.